The molecule has 0 saturated heterocycles. The Morgan fingerprint density at radius 3 is 2.33 bits per heavy atom. The second kappa shape index (κ2) is 9.19. The van der Waals surface area contributed by atoms with Crippen LogP contribution in [0.4, 0.5) is 5.69 Å². The summed E-state index contributed by atoms with van der Waals surface area (Å²) in [5.74, 6) is 0.583. The fourth-order valence-corrected chi connectivity index (χ4v) is 5.10. The molecule has 2 aromatic rings. The second-order valence-corrected chi connectivity index (χ2v) is 15.4. The third-order valence-electron chi connectivity index (χ3n) is 6.30. The molecule has 2 heterocycles. The molecule has 0 spiro atoms. The minimum Gasteiger partial charge on any atom is -0.493 e. The summed E-state index contributed by atoms with van der Waals surface area (Å²) in [5.41, 5.74) is 3.07. The van der Waals surface area contributed by atoms with Gasteiger partial charge in [-0.1, -0.05) is 43.9 Å². The summed E-state index contributed by atoms with van der Waals surface area (Å²) in [4.78, 5) is 30.8. The number of nitrogens with zero attached hydrogens (tertiary/aromatic N) is 2. The molecule has 1 atom stereocenters. The quantitative estimate of drug-likeness (QED) is 0.455. The summed E-state index contributed by atoms with van der Waals surface area (Å²) in [6.45, 7) is 7.92. The summed E-state index contributed by atoms with van der Waals surface area (Å²) in [5, 5.41) is 0. The van der Waals surface area contributed by atoms with E-state index in [1.54, 1.807) is 29.0 Å². The van der Waals surface area contributed by atoms with Crippen molar-refractivity contribution in [3.63, 3.8) is 0 Å². The maximum atomic E-state index is 13.8. The van der Waals surface area contributed by atoms with Crippen LogP contribution < -0.4 is 14.4 Å². The zero-order chi connectivity index (χ0) is 23.8. The van der Waals surface area contributed by atoms with Gasteiger partial charge < -0.3 is 19.1 Å². The van der Waals surface area contributed by atoms with Gasteiger partial charge in [-0.25, -0.2) is 0 Å². The van der Waals surface area contributed by atoms with Crippen LogP contribution in [0.5, 0.6) is 11.5 Å². The fraction of sp³-hybridized carbons (Fsp3) is 0.440. The molecule has 2 aromatic carbocycles. The van der Waals surface area contributed by atoms with Crippen molar-refractivity contribution in [2.45, 2.75) is 44.7 Å². The van der Waals surface area contributed by atoms with Gasteiger partial charge in [-0.05, 0) is 23.2 Å². The molecule has 2 aliphatic rings. The average molecular weight is 469 g/mol. The predicted octanol–water partition coefficient (Wildman–Crippen LogP) is 3.93. The molecule has 0 aromatic heterocycles. The van der Waals surface area contributed by atoms with Crippen LogP contribution in [0.15, 0.2) is 36.4 Å². The van der Waals surface area contributed by atoms with Gasteiger partial charge in [0.15, 0.2) is 11.5 Å². The first-order valence-corrected chi connectivity index (χ1v) is 15.0. The number of amides is 2. The van der Waals surface area contributed by atoms with Gasteiger partial charge in [-0.3, -0.25) is 14.5 Å². The summed E-state index contributed by atoms with van der Waals surface area (Å²) in [6, 6.07) is 11.8. The number of hydrogen-bond donors (Lipinski definition) is 0. The Bertz CT molecular complexity index is 1070. The van der Waals surface area contributed by atoms with E-state index in [0.717, 1.165) is 17.2 Å². The molecular formula is C25H32N2O5Si. The summed E-state index contributed by atoms with van der Waals surface area (Å²) >= 11 is 0. The second-order valence-electron chi connectivity index (χ2n) is 9.76. The molecular weight excluding hydrogens is 436 g/mol. The number of rotatable bonds is 7. The fourth-order valence-electron chi connectivity index (χ4n) is 4.34. The van der Waals surface area contributed by atoms with Gasteiger partial charge in [0.2, 0.25) is 0 Å². The number of carbonyl (C=O) groups excluding carboxylic acids is 2. The van der Waals surface area contributed by atoms with E-state index < -0.39 is 14.1 Å². The van der Waals surface area contributed by atoms with E-state index in [9.17, 15) is 9.59 Å². The van der Waals surface area contributed by atoms with Crippen LogP contribution in [0.3, 0.4) is 0 Å². The third kappa shape index (κ3) is 4.63. The van der Waals surface area contributed by atoms with Crippen LogP contribution in [0.25, 0.3) is 0 Å². The minimum atomic E-state index is -1.28. The van der Waals surface area contributed by atoms with Crippen LogP contribution in [-0.2, 0) is 22.5 Å². The molecule has 0 saturated carbocycles. The van der Waals surface area contributed by atoms with Crippen LogP contribution >= 0.6 is 0 Å². The third-order valence-corrected chi connectivity index (χ3v) is 8.00. The smallest absolute Gasteiger partial charge is 0.257 e. The Morgan fingerprint density at radius 1 is 1.00 bits per heavy atom. The molecule has 7 nitrogen and oxygen atoms in total. The SMILES string of the molecule is COc1cc2c(cc1OC)N(COCC[Si](C)(C)C)C(=O)[C@@H]1Cc3ccccc3CN1C2=O. The Morgan fingerprint density at radius 2 is 1.67 bits per heavy atom. The van der Waals surface area contributed by atoms with E-state index in [-0.39, 0.29) is 18.5 Å². The molecule has 2 aliphatic heterocycles. The number of methoxy groups -OCH3 is 2. The molecule has 8 heteroatoms. The van der Waals surface area contributed by atoms with E-state index in [1.807, 2.05) is 24.3 Å². The van der Waals surface area contributed by atoms with Gasteiger partial charge in [-0.2, -0.15) is 0 Å². The number of benzene rings is 2. The van der Waals surface area contributed by atoms with Gasteiger partial charge >= 0.3 is 0 Å². The highest BCUT2D eigenvalue weighted by molar-refractivity contribution is 6.76. The Balaban J connectivity index is 1.75. The summed E-state index contributed by atoms with van der Waals surface area (Å²) < 4.78 is 16.9. The molecule has 4 rings (SSSR count). The van der Waals surface area contributed by atoms with Crippen molar-refractivity contribution in [2.75, 3.05) is 32.5 Å². The first-order chi connectivity index (χ1) is 15.7. The van der Waals surface area contributed by atoms with Gasteiger partial charge in [0.25, 0.3) is 11.8 Å². The van der Waals surface area contributed by atoms with Crippen molar-refractivity contribution in [3.05, 3.63) is 53.1 Å². The highest BCUT2D eigenvalue weighted by atomic mass is 28.3. The van der Waals surface area contributed by atoms with Gasteiger partial charge in [0.05, 0.1) is 25.5 Å². The molecule has 33 heavy (non-hydrogen) atoms. The highest BCUT2D eigenvalue weighted by Crippen LogP contribution is 2.40. The zero-order valence-corrected chi connectivity index (χ0v) is 21.0. The van der Waals surface area contributed by atoms with E-state index in [2.05, 4.69) is 19.6 Å². The molecule has 0 bridgehead atoms. The largest absolute Gasteiger partial charge is 0.493 e. The number of fused-ring (bicyclic) bond motifs is 3. The maximum Gasteiger partial charge on any atom is 0.257 e. The normalized spacial score (nSPS) is 17.8. The number of hydrogen-bond acceptors (Lipinski definition) is 5. The number of carbonyl (C=O) groups is 2. The van der Waals surface area contributed by atoms with Crippen molar-refractivity contribution in [3.8, 4) is 11.5 Å². The maximum absolute atomic E-state index is 13.8. The van der Waals surface area contributed by atoms with Crippen LogP contribution in [-0.4, -0.2) is 58.4 Å². The van der Waals surface area contributed by atoms with Crippen LogP contribution in [0.2, 0.25) is 25.7 Å². The molecule has 0 radical (unpaired) electrons. The summed E-state index contributed by atoms with van der Waals surface area (Å²) in [6.07, 6.45) is 0.481. The first-order valence-electron chi connectivity index (χ1n) is 11.3. The number of ether oxygens (including phenoxy) is 3. The van der Waals surface area contributed by atoms with Crippen molar-refractivity contribution in [1.82, 2.24) is 4.90 Å². The molecule has 0 aliphatic carbocycles. The van der Waals surface area contributed by atoms with Gasteiger partial charge in [-0.15, -0.1) is 0 Å². The first kappa shape index (κ1) is 23.3. The van der Waals surface area contributed by atoms with Gasteiger partial charge in [0, 0.05) is 33.7 Å². The number of anilines is 1. The molecule has 0 fully saturated rings. The van der Waals surface area contributed by atoms with Crippen molar-refractivity contribution in [1.29, 1.82) is 0 Å². The lowest BCUT2D eigenvalue weighted by Gasteiger charge is -2.35. The van der Waals surface area contributed by atoms with Crippen molar-refractivity contribution in [2.24, 2.45) is 0 Å². The zero-order valence-electron chi connectivity index (χ0n) is 20.0. The Labute approximate surface area is 196 Å². The molecule has 176 valence electrons. The minimum absolute atomic E-state index is 0.0884. The van der Waals surface area contributed by atoms with Crippen LogP contribution in [0.1, 0.15) is 21.5 Å². The topological polar surface area (TPSA) is 68.3 Å². The Hall–Kier alpha value is -2.84. The molecule has 0 unspecified atom stereocenters. The van der Waals surface area contributed by atoms with Crippen molar-refractivity contribution >= 4 is 25.6 Å². The monoisotopic (exact) mass is 468 g/mol. The van der Waals surface area contributed by atoms with Gasteiger partial charge in [0.1, 0.15) is 12.8 Å². The van der Waals surface area contributed by atoms with E-state index >= 15 is 0 Å². The molecule has 2 amide bonds. The lowest BCUT2D eigenvalue weighted by atomic mass is 9.93. The lowest BCUT2D eigenvalue weighted by molar-refractivity contribution is -0.124. The van der Waals surface area contributed by atoms with E-state index in [0.29, 0.717) is 42.3 Å². The predicted molar refractivity (Wildman–Crippen MR) is 130 cm³/mol. The van der Waals surface area contributed by atoms with Crippen molar-refractivity contribution < 1.29 is 23.8 Å². The average Bonchev–Trinajstić information content (AvgIpc) is 2.87. The standard InChI is InChI=1S/C25H32N2O5Si/c1-30-22-13-19-20(14-23(22)31-2)27(16-32-10-11-33(3,4)5)25(29)21-12-17-8-6-7-9-18(17)15-26(21)24(19)28/h6-9,13-14,21H,10-12,15-16H2,1-5H3/t21-/m0/s1. The lowest BCUT2D eigenvalue weighted by Crippen LogP contribution is -2.51. The van der Waals surface area contributed by atoms with E-state index in [1.165, 1.54) is 7.11 Å². The van der Waals surface area contributed by atoms with E-state index in [4.69, 9.17) is 14.2 Å². The molecule has 0 N–H and O–H groups in total. The summed E-state index contributed by atoms with van der Waals surface area (Å²) in [7, 11) is 1.80. The highest BCUT2D eigenvalue weighted by Gasteiger charge is 2.42. The van der Waals surface area contributed by atoms with Crippen LogP contribution in [0, 0.1) is 0 Å². The Kier molecular flexibility index (Phi) is 6.49.